The van der Waals surface area contributed by atoms with Gasteiger partial charge >= 0.3 is 0 Å². The van der Waals surface area contributed by atoms with Gasteiger partial charge in [0.1, 0.15) is 5.82 Å². The van der Waals surface area contributed by atoms with E-state index in [1.165, 1.54) is 5.56 Å². The molecule has 2 heterocycles. The number of aryl methyl sites for hydroxylation is 2. The highest BCUT2D eigenvalue weighted by molar-refractivity contribution is 5.50. The van der Waals surface area contributed by atoms with Crippen LogP contribution in [0.25, 0.3) is 0 Å². The van der Waals surface area contributed by atoms with Gasteiger partial charge in [0.05, 0.1) is 11.8 Å². The minimum atomic E-state index is -0.240. The standard InChI is InChI=1S/C15H28N4O/c1-5-7-16-9-13-12(3)17-18(4)15(13)19-8-6-11(2)14(20)10-19/h11,14,16,20H,5-10H2,1-4H3. The van der Waals surface area contributed by atoms with Crippen LogP contribution in [0.1, 0.15) is 37.9 Å². The maximum absolute atomic E-state index is 10.1. The van der Waals surface area contributed by atoms with Crippen LogP contribution in [0.15, 0.2) is 0 Å². The lowest BCUT2D eigenvalue weighted by atomic mass is 9.96. The Labute approximate surface area is 122 Å². The van der Waals surface area contributed by atoms with Gasteiger partial charge in [0.15, 0.2) is 0 Å². The molecular weight excluding hydrogens is 252 g/mol. The number of aliphatic hydroxyl groups is 1. The number of aliphatic hydroxyl groups excluding tert-OH is 1. The van der Waals surface area contributed by atoms with Crippen molar-refractivity contribution in [3.63, 3.8) is 0 Å². The third-order valence-electron chi connectivity index (χ3n) is 4.26. The SMILES string of the molecule is CCCNCc1c(C)nn(C)c1N1CCC(C)C(O)C1. The van der Waals surface area contributed by atoms with Crippen molar-refractivity contribution in [2.75, 3.05) is 24.5 Å². The van der Waals surface area contributed by atoms with Crippen molar-refractivity contribution in [2.45, 2.75) is 46.3 Å². The number of hydrogen-bond acceptors (Lipinski definition) is 4. The van der Waals surface area contributed by atoms with E-state index in [1.54, 1.807) is 0 Å². The van der Waals surface area contributed by atoms with Crippen LogP contribution in [0.2, 0.25) is 0 Å². The average Bonchev–Trinajstić information content (AvgIpc) is 2.68. The molecule has 0 radical (unpaired) electrons. The predicted octanol–water partition coefficient (Wildman–Crippen LogP) is 1.44. The van der Waals surface area contributed by atoms with Gasteiger partial charge in [0.2, 0.25) is 0 Å². The fourth-order valence-corrected chi connectivity index (χ4v) is 2.92. The first-order chi connectivity index (χ1) is 9.54. The molecule has 2 rings (SSSR count). The molecule has 0 spiro atoms. The number of anilines is 1. The third-order valence-corrected chi connectivity index (χ3v) is 4.26. The Balaban J connectivity index is 2.17. The smallest absolute Gasteiger partial charge is 0.131 e. The molecule has 2 atom stereocenters. The van der Waals surface area contributed by atoms with Crippen molar-refractivity contribution >= 4 is 5.82 Å². The first-order valence-corrected chi connectivity index (χ1v) is 7.70. The van der Waals surface area contributed by atoms with E-state index in [4.69, 9.17) is 0 Å². The highest BCUT2D eigenvalue weighted by Crippen LogP contribution is 2.28. The molecule has 114 valence electrons. The number of piperidine rings is 1. The van der Waals surface area contributed by atoms with Gasteiger partial charge in [0.25, 0.3) is 0 Å². The van der Waals surface area contributed by atoms with Crippen LogP contribution in [0.3, 0.4) is 0 Å². The van der Waals surface area contributed by atoms with E-state index in [1.807, 2.05) is 11.7 Å². The van der Waals surface area contributed by atoms with E-state index in [0.29, 0.717) is 12.5 Å². The summed E-state index contributed by atoms with van der Waals surface area (Å²) in [6.45, 7) is 9.94. The van der Waals surface area contributed by atoms with Crippen LogP contribution in [0, 0.1) is 12.8 Å². The molecule has 1 aliphatic heterocycles. The molecule has 0 bridgehead atoms. The Morgan fingerprint density at radius 1 is 1.45 bits per heavy atom. The number of nitrogens with one attached hydrogen (secondary N) is 1. The fraction of sp³-hybridized carbons (Fsp3) is 0.800. The molecule has 0 aromatic carbocycles. The van der Waals surface area contributed by atoms with Gasteiger partial charge < -0.3 is 15.3 Å². The second-order valence-corrected chi connectivity index (χ2v) is 5.97. The Morgan fingerprint density at radius 3 is 2.85 bits per heavy atom. The zero-order valence-corrected chi connectivity index (χ0v) is 13.2. The molecule has 0 aliphatic carbocycles. The summed E-state index contributed by atoms with van der Waals surface area (Å²) in [5, 5.41) is 18.2. The van der Waals surface area contributed by atoms with Crippen LogP contribution in [-0.4, -0.2) is 40.6 Å². The number of aromatic nitrogens is 2. The fourth-order valence-electron chi connectivity index (χ4n) is 2.92. The minimum absolute atomic E-state index is 0.240. The molecule has 0 amide bonds. The Bertz CT molecular complexity index is 443. The Morgan fingerprint density at radius 2 is 2.20 bits per heavy atom. The Kier molecular flexibility index (Phi) is 5.05. The summed E-state index contributed by atoms with van der Waals surface area (Å²) in [4.78, 5) is 2.29. The van der Waals surface area contributed by atoms with Crippen molar-refractivity contribution in [3.8, 4) is 0 Å². The zero-order chi connectivity index (χ0) is 14.7. The van der Waals surface area contributed by atoms with Gasteiger partial charge in [-0.2, -0.15) is 5.10 Å². The minimum Gasteiger partial charge on any atom is -0.391 e. The van der Waals surface area contributed by atoms with E-state index < -0.39 is 0 Å². The summed E-state index contributed by atoms with van der Waals surface area (Å²) < 4.78 is 1.96. The van der Waals surface area contributed by atoms with Crippen molar-refractivity contribution in [1.82, 2.24) is 15.1 Å². The second-order valence-electron chi connectivity index (χ2n) is 5.97. The van der Waals surface area contributed by atoms with E-state index in [-0.39, 0.29) is 6.10 Å². The molecule has 2 N–H and O–H groups in total. The number of β-amino-alcohol motifs (C(OH)–C–C–N with tert-alkyl or cyclic N) is 1. The van der Waals surface area contributed by atoms with Gasteiger partial charge in [-0.1, -0.05) is 13.8 Å². The van der Waals surface area contributed by atoms with E-state index in [2.05, 4.69) is 36.1 Å². The molecule has 1 fully saturated rings. The molecule has 1 aromatic heterocycles. The average molecular weight is 280 g/mol. The molecule has 5 nitrogen and oxygen atoms in total. The summed E-state index contributed by atoms with van der Waals surface area (Å²) in [5.41, 5.74) is 2.35. The summed E-state index contributed by atoms with van der Waals surface area (Å²) in [6.07, 6.45) is 1.93. The normalized spacial score (nSPS) is 23.4. The van der Waals surface area contributed by atoms with Gasteiger partial charge in [-0.25, -0.2) is 0 Å². The van der Waals surface area contributed by atoms with E-state index >= 15 is 0 Å². The third kappa shape index (κ3) is 3.15. The van der Waals surface area contributed by atoms with Gasteiger partial charge in [0, 0.05) is 32.2 Å². The van der Waals surface area contributed by atoms with Crippen LogP contribution in [-0.2, 0) is 13.6 Å². The first-order valence-electron chi connectivity index (χ1n) is 7.70. The number of nitrogens with zero attached hydrogens (tertiary/aromatic N) is 3. The van der Waals surface area contributed by atoms with Crippen LogP contribution in [0.5, 0.6) is 0 Å². The second kappa shape index (κ2) is 6.59. The van der Waals surface area contributed by atoms with Gasteiger partial charge in [-0.05, 0) is 32.2 Å². The lowest BCUT2D eigenvalue weighted by molar-refractivity contribution is 0.102. The van der Waals surface area contributed by atoms with Crippen molar-refractivity contribution in [3.05, 3.63) is 11.3 Å². The van der Waals surface area contributed by atoms with Gasteiger partial charge in [-0.3, -0.25) is 4.68 Å². The highest BCUT2D eigenvalue weighted by Gasteiger charge is 2.28. The maximum atomic E-state index is 10.1. The molecule has 5 heteroatoms. The van der Waals surface area contributed by atoms with Crippen molar-refractivity contribution in [2.24, 2.45) is 13.0 Å². The monoisotopic (exact) mass is 280 g/mol. The van der Waals surface area contributed by atoms with E-state index in [9.17, 15) is 5.11 Å². The summed E-state index contributed by atoms with van der Waals surface area (Å²) in [7, 11) is 2.00. The van der Waals surface area contributed by atoms with E-state index in [0.717, 1.165) is 44.0 Å². The van der Waals surface area contributed by atoms with Crippen LogP contribution >= 0.6 is 0 Å². The van der Waals surface area contributed by atoms with Crippen LogP contribution in [0.4, 0.5) is 5.82 Å². The van der Waals surface area contributed by atoms with Crippen molar-refractivity contribution in [1.29, 1.82) is 0 Å². The number of hydrogen-bond donors (Lipinski definition) is 2. The molecule has 20 heavy (non-hydrogen) atoms. The quantitative estimate of drug-likeness (QED) is 0.801. The zero-order valence-electron chi connectivity index (χ0n) is 13.2. The molecule has 1 aromatic rings. The summed E-state index contributed by atoms with van der Waals surface area (Å²) in [5.74, 6) is 1.55. The topological polar surface area (TPSA) is 53.3 Å². The van der Waals surface area contributed by atoms with Crippen LogP contribution < -0.4 is 10.2 Å². The molecule has 1 aliphatic rings. The number of rotatable bonds is 5. The Hall–Kier alpha value is -1.07. The molecular formula is C15H28N4O. The maximum Gasteiger partial charge on any atom is 0.131 e. The summed E-state index contributed by atoms with van der Waals surface area (Å²) in [6, 6.07) is 0. The first kappa shape index (κ1) is 15.3. The molecule has 1 saturated heterocycles. The highest BCUT2D eigenvalue weighted by atomic mass is 16.3. The lowest BCUT2D eigenvalue weighted by Crippen LogP contribution is -2.44. The lowest BCUT2D eigenvalue weighted by Gasteiger charge is -2.36. The molecule has 0 saturated carbocycles. The van der Waals surface area contributed by atoms with Gasteiger partial charge in [-0.15, -0.1) is 0 Å². The molecule has 2 unspecified atom stereocenters. The summed E-state index contributed by atoms with van der Waals surface area (Å²) >= 11 is 0. The largest absolute Gasteiger partial charge is 0.391 e. The van der Waals surface area contributed by atoms with Crippen molar-refractivity contribution < 1.29 is 5.11 Å². The predicted molar refractivity (Wildman–Crippen MR) is 81.9 cm³/mol.